The van der Waals surface area contributed by atoms with Gasteiger partial charge >= 0.3 is 7.05 Å². The van der Waals surface area contributed by atoms with Crippen molar-refractivity contribution in [3.8, 4) is 0 Å². The van der Waals surface area contributed by atoms with Crippen molar-refractivity contribution in [3.05, 3.63) is 40.0 Å². The molecule has 1 heterocycles. The maximum absolute atomic E-state index is 12.2. The number of hydrogen-bond donors (Lipinski definition) is 2. The van der Waals surface area contributed by atoms with E-state index in [9.17, 15) is 19.5 Å². The number of nitroso groups, excluding NO2 is 1. The Morgan fingerprint density at radius 1 is 1.61 bits per heavy atom. The van der Waals surface area contributed by atoms with Crippen molar-refractivity contribution in [2.24, 2.45) is 5.09 Å². The van der Waals surface area contributed by atoms with E-state index >= 15 is 0 Å². The van der Waals surface area contributed by atoms with E-state index < -0.39 is 18.9 Å². The summed E-state index contributed by atoms with van der Waals surface area (Å²) < 4.78 is 0. The number of carbonyl (C=O) groups excluding carboxylic acids is 2. The summed E-state index contributed by atoms with van der Waals surface area (Å²) in [6.45, 7) is 3.31. The van der Waals surface area contributed by atoms with Gasteiger partial charge in [0.2, 0.25) is 11.8 Å². The minimum Gasteiger partial charge on any atom is -0.428 e. The molecule has 9 heteroatoms. The lowest BCUT2D eigenvalue weighted by Gasteiger charge is -2.22. The smallest absolute Gasteiger partial charge is 0.428 e. The quantitative estimate of drug-likeness (QED) is 0.395. The van der Waals surface area contributed by atoms with E-state index in [0.29, 0.717) is 6.42 Å². The van der Waals surface area contributed by atoms with E-state index in [1.54, 1.807) is 0 Å². The number of rotatable bonds is 9. The van der Waals surface area contributed by atoms with Crippen LogP contribution in [0.2, 0.25) is 0 Å². The Labute approximate surface area is 138 Å². The Hall–Kier alpha value is -2.00. The van der Waals surface area contributed by atoms with Crippen LogP contribution in [0.25, 0.3) is 0 Å². The van der Waals surface area contributed by atoms with Crippen LogP contribution in [0.4, 0.5) is 0 Å². The van der Waals surface area contributed by atoms with Gasteiger partial charge in [0.1, 0.15) is 6.54 Å². The number of thiophene rings is 1. The van der Waals surface area contributed by atoms with Crippen LogP contribution in [0.3, 0.4) is 0 Å². The highest BCUT2D eigenvalue weighted by molar-refractivity contribution is 7.07. The zero-order valence-electron chi connectivity index (χ0n) is 12.6. The van der Waals surface area contributed by atoms with Crippen LogP contribution in [0.5, 0.6) is 0 Å². The topological polar surface area (TPSA) is 99.1 Å². The number of carbonyl (C=O) groups is 2. The van der Waals surface area contributed by atoms with Crippen LogP contribution < -0.4 is 5.32 Å². The summed E-state index contributed by atoms with van der Waals surface area (Å²) in [5.74, 6) is -1.56. The fraction of sp³-hybridized carbons (Fsp3) is 0.429. The number of amides is 2. The number of nitrogens with one attached hydrogen (secondary N) is 1. The SMILES string of the molecule is C=CC(=O)N(CC(=O)N[C@@H](Cc1ccsc1)B(O)N=O)C1CC1. The highest BCUT2D eigenvalue weighted by Gasteiger charge is 2.34. The summed E-state index contributed by atoms with van der Waals surface area (Å²) in [6, 6.07) is 1.91. The molecule has 1 saturated carbocycles. The molecule has 0 bridgehead atoms. The van der Waals surface area contributed by atoms with Gasteiger partial charge in [-0.3, -0.25) is 9.59 Å². The second-order valence-electron chi connectivity index (χ2n) is 5.43. The second kappa shape index (κ2) is 8.03. The molecule has 122 valence electrons. The summed E-state index contributed by atoms with van der Waals surface area (Å²) in [5, 5.41) is 18.6. The Morgan fingerprint density at radius 3 is 2.87 bits per heavy atom. The number of hydrogen-bond acceptors (Lipinski definition) is 6. The van der Waals surface area contributed by atoms with E-state index in [1.165, 1.54) is 22.3 Å². The van der Waals surface area contributed by atoms with Gasteiger partial charge < -0.3 is 15.2 Å². The molecule has 2 N–H and O–H groups in total. The van der Waals surface area contributed by atoms with Gasteiger partial charge in [0.05, 0.1) is 5.94 Å². The third-order valence-electron chi connectivity index (χ3n) is 3.61. The summed E-state index contributed by atoms with van der Waals surface area (Å²) in [4.78, 5) is 36.0. The summed E-state index contributed by atoms with van der Waals surface area (Å²) >= 11 is 1.48. The summed E-state index contributed by atoms with van der Waals surface area (Å²) in [7, 11) is -1.54. The highest BCUT2D eigenvalue weighted by Crippen LogP contribution is 2.26. The van der Waals surface area contributed by atoms with Gasteiger partial charge in [-0.05, 0) is 47.7 Å². The van der Waals surface area contributed by atoms with Crippen molar-refractivity contribution >= 4 is 30.2 Å². The van der Waals surface area contributed by atoms with Crippen LogP contribution in [0.1, 0.15) is 18.4 Å². The minimum atomic E-state index is -1.54. The molecule has 7 nitrogen and oxygen atoms in total. The first kappa shape index (κ1) is 17.4. The predicted octanol–water partition coefficient (Wildman–Crippen LogP) is 0.738. The van der Waals surface area contributed by atoms with Crippen molar-refractivity contribution in [1.82, 2.24) is 10.2 Å². The van der Waals surface area contributed by atoms with E-state index in [1.807, 2.05) is 16.8 Å². The first-order chi connectivity index (χ1) is 11.0. The molecule has 0 spiro atoms. The van der Waals surface area contributed by atoms with Crippen molar-refractivity contribution in [2.75, 3.05) is 6.54 Å². The lowest BCUT2D eigenvalue weighted by molar-refractivity contribution is -0.133. The molecule has 0 aromatic carbocycles. The van der Waals surface area contributed by atoms with E-state index in [4.69, 9.17) is 0 Å². The Kier molecular flexibility index (Phi) is 6.06. The first-order valence-electron chi connectivity index (χ1n) is 7.29. The lowest BCUT2D eigenvalue weighted by Crippen LogP contribution is -2.50. The Bertz CT molecular complexity index is 577. The van der Waals surface area contributed by atoms with Crippen molar-refractivity contribution < 1.29 is 14.6 Å². The van der Waals surface area contributed by atoms with E-state index in [2.05, 4.69) is 17.0 Å². The van der Waals surface area contributed by atoms with Crippen LogP contribution in [0.15, 0.2) is 34.6 Å². The lowest BCUT2D eigenvalue weighted by atomic mass is 9.72. The molecule has 0 saturated heterocycles. The molecule has 2 rings (SSSR count). The predicted molar refractivity (Wildman–Crippen MR) is 88.7 cm³/mol. The zero-order valence-corrected chi connectivity index (χ0v) is 13.4. The van der Waals surface area contributed by atoms with Crippen molar-refractivity contribution in [3.63, 3.8) is 0 Å². The average molecular weight is 335 g/mol. The second-order valence-corrected chi connectivity index (χ2v) is 6.21. The molecule has 0 radical (unpaired) electrons. The van der Waals surface area contributed by atoms with Crippen LogP contribution in [-0.2, 0) is 16.0 Å². The summed E-state index contributed by atoms with van der Waals surface area (Å²) in [6.07, 6.45) is 3.20. The maximum atomic E-state index is 12.2. The minimum absolute atomic E-state index is 0.0655. The van der Waals surface area contributed by atoms with Crippen molar-refractivity contribution in [2.45, 2.75) is 31.2 Å². The molecule has 1 atom stereocenters. The van der Waals surface area contributed by atoms with Crippen LogP contribution in [-0.4, -0.2) is 47.3 Å². The average Bonchev–Trinajstić information content (AvgIpc) is 3.27. The van der Waals surface area contributed by atoms with E-state index in [0.717, 1.165) is 18.4 Å². The molecule has 1 fully saturated rings. The van der Waals surface area contributed by atoms with Gasteiger partial charge in [-0.25, -0.2) is 0 Å². The van der Waals surface area contributed by atoms with Gasteiger partial charge in [-0.15, -0.1) is 0 Å². The fourth-order valence-electron chi connectivity index (χ4n) is 2.26. The third-order valence-corrected chi connectivity index (χ3v) is 4.34. The van der Waals surface area contributed by atoms with Crippen molar-refractivity contribution in [1.29, 1.82) is 0 Å². The molecular formula is C14H18BN3O4S. The molecule has 1 aliphatic carbocycles. The molecular weight excluding hydrogens is 317 g/mol. The van der Waals surface area contributed by atoms with Gasteiger partial charge in [0.25, 0.3) is 0 Å². The molecule has 1 aromatic rings. The Morgan fingerprint density at radius 2 is 2.35 bits per heavy atom. The molecule has 23 heavy (non-hydrogen) atoms. The number of nitrogens with zero attached hydrogens (tertiary/aromatic N) is 2. The zero-order chi connectivity index (χ0) is 16.8. The van der Waals surface area contributed by atoms with Gasteiger partial charge in [0, 0.05) is 6.04 Å². The molecule has 1 aromatic heterocycles. The molecule has 1 aliphatic rings. The Balaban J connectivity index is 1.97. The van der Waals surface area contributed by atoms with Crippen LogP contribution in [0, 0.1) is 4.91 Å². The van der Waals surface area contributed by atoms with Crippen LogP contribution >= 0.6 is 11.3 Å². The monoisotopic (exact) mass is 335 g/mol. The fourth-order valence-corrected chi connectivity index (χ4v) is 2.95. The highest BCUT2D eigenvalue weighted by atomic mass is 32.1. The third kappa shape index (κ3) is 5.00. The molecule has 0 aliphatic heterocycles. The standard InChI is InChI=1S/C14H18BN3O4S/c1-2-14(20)18(11-3-4-11)8-13(19)16-12(15(21)17-22)7-10-5-6-23-9-10/h2,5-6,9,11-12,21H,1,3-4,7-8H2,(H,16,19)/t12-/m0/s1. The maximum Gasteiger partial charge on any atom is 0.506 e. The van der Waals surface area contributed by atoms with Gasteiger partial charge in [-0.1, -0.05) is 11.7 Å². The van der Waals surface area contributed by atoms with Gasteiger partial charge in [-0.2, -0.15) is 16.2 Å². The molecule has 2 amide bonds. The van der Waals surface area contributed by atoms with Gasteiger partial charge in [0.15, 0.2) is 0 Å². The molecule has 0 unspecified atom stereocenters. The largest absolute Gasteiger partial charge is 0.506 e. The summed E-state index contributed by atoms with van der Waals surface area (Å²) in [5.41, 5.74) is 0.893. The first-order valence-corrected chi connectivity index (χ1v) is 8.23. The normalized spacial score (nSPS) is 14.7. The van der Waals surface area contributed by atoms with E-state index in [-0.39, 0.29) is 18.5 Å².